The topological polar surface area (TPSA) is 86.4 Å². The number of nitrogens with one attached hydrogen (secondary N) is 1. The number of nitrogens with zero attached hydrogens (tertiary/aromatic N) is 3. The molecule has 0 unspecified atom stereocenters. The summed E-state index contributed by atoms with van der Waals surface area (Å²) in [7, 11) is 3.29. The second-order valence-corrected chi connectivity index (χ2v) is 9.85. The normalized spacial score (nSPS) is 13.3. The van der Waals surface area contributed by atoms with Crippen molar-refractivity contribution in [1.29, 1.82) is 0 Å². The molecule has 0 bridgehead atoms. The second-order valence-electron chi connectivity index (χ2n) is 8.17. The van der Waals surface area contributed by atoms with Crippen LogP contribution in [0.4, 0.5) is 5.69 Å². The zero-order valence-corrected chi connectivity index (χ0v) is 22.7. The van der Waals surface area contributed by atoms with E-state index >= 15 is 0 Å². The molecule has 38 heavy (non-hydrogen) atoms. The monoisotopic (exact) mass is 568 g/mol. The Morgan fingerprint density at radius 2 is 2.00 bits per heavy atom. The number of carbonyl (C=O) groups excluding carboxylic acids is 1. The lowest BCUT2D eigenvalue weighted by molar-refractivity contribution is -0.118. The minimum absolute atomic E-state index is 0.0100. The van der Waals surface area contributed by atoms with Gasteiger partial charge < -0.3 is 19.5 Å². The van der Waals surface area contributed by atoms with Gasteiger partial charge in [-0.05, 0) is 54.1 Å². The van der Waals surface area contributed by atoms with Crippen LogP contribution in [0, 0.1) is 0 Å². The fraction of sp³-hybridized carbons (Fsp3) is 0.148. The van der Waals surface area contributed by atoms with Crippen LogP contribution in [0.25, 0.3) is 11.3 Å². The van der Waals surface area contributed by atoms with Crippen LogP contribution in [-0.4, -0.2) is 37.6 Å². The van der Waals surface area contributed by atoms with Crippen LogP contribution in [0.15, 0.2) is 70.1 Å². The molecule has 5 rings (SSSR count). The van der Waals surface area contributed by atoms with Crippen molar-refractivity contribution in [1.82, 2.24) is 4.68 Å². The molecule has 1 aromatic heterocycles. The van der Waals surface area contributed by atoms with Gasteiger partial charge in [0.2, 0.25) is 4.80 Å². The number of anilines is 1. The Labute approximate surface area is 232 Å². The molecule has 8 nitrogen and oxygen atoms in total. The number of methoxy groups -OCH3 is 1. The molecule has 0 fully saturated rings. The van der Waals surface area contributed by atoms with Crippen molar-refractivity contribution in [2.45, 2.75) is 6.61 Å². The predicted molar refractivity (Wildman–Crippen MR) is 150 cm³/mol. The highest BCUT2D eigenvalue weighted by atomic mass is 35.5. The van der Waals surface area contributed by atoms with Crippen molar-refractivity contribution in [3.8, 4) is 28.5 Å². The van der Waals surface area contributed by atoms with E-state index in [1.54, 1.807) is 37.2 Å². The van der Waals surface area contributed by atoms with Gasteiger partial charge in [-0.2, -0.15) is 5.10 Å². The average Bonchev–Trinajstić information content (AvgIpc) is 3.34. The smallest absolute Gasteiger partial charge is 0.262 e. The molecule has 3 aromatic carbocycles. The highest BCUT2D eigenvalue weighted by Gasteiger charge is 2.18. The molecular weight excluding hydrogens is 547 g/mol. The molecule has 0 radical (unpaired) electrons. The quantitative estimate of drug-likeness (QED) is 0.283. The van der Waals surface area contributed by atoms with Crippen LogP contribution in [0.1, 0.15) is 11.1 Å². The van der Waals surface area contributed by atoms with Gasteiger partial charge in [0.25, 0.3) is 5.91 Å². The fourth-order valence-electron chi connectivity index (χ4n) is 3.81. The highest BCUT2D eigenvalue weighted by Crippen LogP contribution is 2.33. The summed E-state index contributed by atoms with van der Waals surface area (Å²) in [5, 5.41) is 10.6. The van der Waals surface area contributed by atoms with E-state index in [9.17, 15) is 4.79 Å². The lowest BCUT2D eigenvalue weighted by atomic mass is 10.1. The van der Waals surface area contributed by atoms with E-state index in [1.807, 2.05) is 47.8 Å². The van der Waals surface area contributed by atoms with Crippen molar-refractivity contribution in [2.24, 2.45) is 10.1 Å². The van der Waals surface area contributed by atoms with Crippen LogP contribution in [-0.2, 0) is 11.4 Å². The predicted octanol–water partition coefficient (Wildman–Crippen LogP) is 5.85. The molecule has 0 spiro atoms. The Balaban J connectivity index is 1.39. The van der Waals surface area contributed by atoms with E-state index in [4.69, 9.17) is 42.5 Å². The Hall–Kier alpha value is -3.79. The van der Waals surface area contributed by atoms with Gasteiger partial charge in [-0.1, -0.05) is 29.3 Å². The Morgan fingerprint density at radius 3 is 2.79 bits per heavy atom. The molecule has 1 aliphatic rings. The molecule has 194 valence electrons. The molecule has 1 N–H and O–H groups in total. The van der Waals surface area contributed by atoms with Crippen LogP contribution in [0.3, 0.4) is 0 Å². The van der Waals surface area contributed by atoms with Crippen molar-refractivity contribution >= 4 is 52.3 Å². The molecule has 4 aromatic rings. The number of benzene rings is 3. The largest absolute Gasteiger partial charge is 0.493 e. The van der Waals surface area contributed by atoms with E-state index in [2.05, 4.69) is 10.3 Å². The maximum absolute atomic E-state index is 11.8. The number of thiazole rings is 1. The molecule has 0 saturated heterocycles. The van der Waals surface area contributed by atoms with Gasteiger partial charge in [0.15, 0.2) is 18.1 Å². The Kier molecular flexibility index (Phi) is 7.69. The number of amides is 1. The lowest BCUT2D eigenvalue weighted by Gasteiger charge is -2.18. The van der Waals surface area contributed by atoms with Gasteiger partial charge in [-0.3, -0.25) is 9.79 Å². The van der Waals surface area contributed by atoms with Crippen LogP contribution in [0.2, 0.25) is 10.0 Å². The van der Waals surface area contributed by atoms with Crippen molar-refractivity contribution in [3.63, 3.8) is 0 Å². The van der Waals surface area contributed by atoms with Gasteiger partial charge >= 0.3 is 0 Å². The summed E-state index contributed by atoms with van der Waals surface area (Å²) in [5.74, 6) is 1.57. The maximum atomic E-state index is 11.8. The number of hydrogen-bond acceptors (Lipinski definition) is 7. The first-order chi connectivity index (χ1) is 18.4. The summed E-state index contributed by atoms with van der Waals surface area (Å²) in [5.41, 5.74) is 3.92. The van der Waals surface area contributed by atoms with Crippen molar-refractivity contribution in [3.05, 3.63) is 86.0 Å². The first-order valence-corrected chi connectivity index (χ1v) is 13.1. The van der Waals surface area contributed by atoms with E-state index in [0.29, 0.717) is 37.8 Å². The fourth-order valence-corrected chi connectivity index (χ4v) is 5.07. The van der Waals surface area contributed by atoms with E-state index in [1.165, 1.54) is 11.3 Å². The van der Waals surface area contributed by atoms with Crippen LogP contribution < -0.4 is 24.3 Å². The highest BCUT2D eigenvalue weighted by molar-refractivity contribution is 7.07. The molecule has 2 heterocycles. The van der Waals surface area contributed by atoms with Crippen LogP contribution >= 0.6 is 34.5 Å². The molecule has 1 amide bonds. The summed E-state index contributed by atoms with van der Waals surface area (Å²) in [6.45, 7) is 0.275. The minimum Gasteiger partial charge on any atom is -0.493 e. The van der Waals surface area contributed by atoms with Crippen molar-refractivity contribution < 1.29 is 19.0 Å². The Bertz CT molecular complexity index is 1610. The first-order valence-electron chi connectivity index (χ1n) is 11.4. The molecule has 1 aliphatic heterocycles. The zero-order chi connectivity index (χ0) is 26.6. The Morgan fingerprint density at radius 1 is 1.13 bits per heavy atom. The van der Waals surface area contributed by atoms with Crippen LogP contribution in [0.5, 0.6) is 17.2 Å². The SMILES string of the molecule is CN=c1scc(-c2ccc3c(c2)NC(=O)CO3)n1N=Cc1ccc(OCc2ccc(Cl)cc2Cl)c(OC)c1. The van der Waals surface area contributed by atoms with E-state index in [0.717, 1.165) is 22.4 Å². The van der Waals surface area contributed by atoms with E-state index in [-0.39, 0.29) is 19.1 Å². The lowest BCUT2D eigenvalue weighted by Crippen LogP contribution is -2.25. The number of rotatable bonds is 7. The third-order valence-corrected chi connectivity index (χ3v) is 7.19. The van der Waals surface area contributed by atoms with Gasteiger partial charge in [0.05, 0.1) is 24.7 Å². The number of halogens is 2. The number of aromatic nitrogens is 1. The molecular formula is C27H22Cl2N4O4S. The minimum atomic E-state index is -0.187. The summed E-state index contributed by atoms with van der Waals surface area (Å²) in [4.78, 5) is 16.8. The molecule has 0 aliphatic carbocycles. The number of carbonyl (C=O) groups is 1. The molecule has 11 heteroatoms. The number of ether oxygens (including phenoxy) is 3. The van der Waals surface area contributed by atoms with Gasteiger partial charge in [-0.25, -0.2) is 4.68 Å². The number of fused-ring (bicyclic) bond motifs is 1. The van der Waals surface area contributed by atoms with E-state index < -0.39 is 0 Å². The standard InChI is InChI=1S/C27H22Cl2N4O4S/c1-30-27-33(22(15-38-27)17-5-8-23-21(10-17)32-26(34)14-37-23)31-12-16-3-7-24(25(9-16)35-2)36-13-18-4-6-19(28)11-20(18)29/h3-12,15H,13-14H2,1-2H3,(H,32,34). The average molecular weight is 569 g/mol. The summed E-state index contributed by atoms with van der Waals surface area (Å²) in [6, 6.07) is 16.4. The summed E-state index contributed by atoms with van der Waals surface area (Å²) in [6.07, 6.45) is 1.72. The molecule has 0 saturated carbocycles. The number of hydrogen-bond donors (Lipinski definition) is 1. The van der Waals surface area contributed by atoms with Gasteiger partial charge in [0.1, 0.15) is 12.4 Å². The van der Waals surface area contributed by atoms with Crippen molar-refractivity contribution in [2.75, 3.05) is 26.1 Å². The first kappa shape index (κ1) is 25.8. The maximum Gasteiger partial charge on any atom is 0.262 e. The third kappa shape index (κ3) is 5.55. The van der Waals surface area contributed by atoms with Gasteiger partial charge in [-0.15, -0.1) is 11.3 Å². The van der Waals surface area contributed by atoms with Gasteiger partial charge in [0, 0.05) is 33.6 Å². The molecule has 0 atom stereocenters. The zero-order valence-electron chi connectivity index (χ0n) is 20.4. The second kappa shape index (κ2) is 11.3. The summed E-state index contributed by atoms with van der Waals surface area (Å²) >= 11 is 13.7. The summed E-state index contributed by atoms with van der Waals surface area (Å²) < 4.78 is 18.7. The third-order valence-electron chi connectivity index (χ3n) is 5.69.